The van der Waals surface area contributed by atoms with E-state index in [1.54, 1.807) is 12.4 Å². The molecule has 0 radical (unpaired) electrons. The molecule has 3 fully saturated rings. The Kier molecular flexibility index (Phi) is 7.22. The molecule has 0 bridgehead atoms. The van der Waals surface area contributed by atoms with E-state index in [4.69, 9.17) is 4.84 Å². The summed E-state index contributed by atoms with van der Waals surface area (Å²) in [5, 5.41) is 39.4. The topological polar surface area (TPSA) is 141 Å². The minimum absolute atomic E-state index is 0.0357. The summed E-state index contributed by atoms with van der Waals surface area (Å²) >= 11 is 0. The lowest BCUT2D eigenvalue weighted by Gasteiger charge is -2.60. The van der Waals surface area contributed by atoms with Crippen LogP contribution in [0, 0.1) is 28.6 Å². The van der Waals surface area contributed by atoms with Gasteiger partial charge in [-0.05, 0) is 91.9 Å². The maximum atomic E-state index is 12.6. The third-order valence-electron chi connectivity index (χ3n) is 10.3. The number of nitrogens with one attached hydrogen (secondary N) is 1. The van der Waals surface area contributed by atoms with Crippen LogP contribution in [0.3, 0.4) is 0 Å². The third-order valence-corrected chi connectivity index (χ3v) is 10.3. The van der Waals surface area contributed by atoms with Gasteiger partial charge in [0, 0.05) is 24.4 Å². The van der Waals surface area contributed by atoms with E-state index < -0.39 is 29.5 Å². The first-order valence-electron chi connectivity index (χ1n) is 13.7. The van der Waals surface area contributed by atoms with E-state index >= 15 is 0 Å². The van der Waals surface area contributed by atoms with Crippen molar-refractivity contribution in [3.05, 3.63) is 41.7 Å². The van der Waals surface area contributed by atoms with Crippen LogP contribution in [-0.2, 0) is 21.0 Å². The fraction of sp³-hybridized carbons (Fsp3) is 0.655. The second-order valence-corrected chi connectivity index (χ2v) is 12.1. The molecule has 1 aromatic heterocycles. The molecule has 0 saturated heterocycles. The predicted molar refractivity (Wildman–Crippen MR) is 140 cm³/mol. The van der Waals surface area contributed by atoms with Gasteiger partial charge in [0.25, 0.3) is 5.91 Å². The van der Waals surface area contributed by atoms with Gasteiger partial charge in [0.1, 0.15) is 12.2 Å². The summed E-state index contributed by atoms with van der Waals surface area (Å²) < 4.78 is 0. The van der Waals surface area contributed by atoms with E-state index in [0.717, 1.165) is 37.0 Å². The number of Topliss-reactive ketones (excluding diaryl/α,β-unsaturated/α-hetero) is 1. The van der Waals surface area contributed by atoms with E-state index in [2.05, 4.69) is 28.5 Å². The van der Waals surface area contributed by atoms with Gasteiger partial charge >= 0.3 is 0 Å². The van der Waals surface area contributed by atoms with Crippen molar-refractivity contribution in [1.82, 2.24) is 10.3 Å². The van der Waals surface area contributed by atoms with E-state index in [0.29, 0.717) is 25.8 Å². The van der Waals surface area contributed by atoms with Crippen LogP contribution in [0.4, 0.5) is 0 Å². The summed E-state index contributed by atoms with van der Waals surface area (Å²) in [5.41, 5.74) is 0.487. The van der Waals surface area contributed by atoms with Crippen molar-refractivity contribution in [1.29, 1.82) is 0 Å². The number of rotatable bonds is 7. The molecule has 1 heterocycles. The average molecular weight is 526 g/mol. The lowest BCUT2D eigenvalue weighted by Crippen LogP contribution is -2.62. The Morgan fingerprint density at radius 3 is 2.68 bits per heavy atom. The molecule has 0 spiro atoms. The van der Waals surface area contributed by atoms with Crippen LogP contribution < -0.4 is 5.32 Å². The summed E-state index contributed by atoms with van der Waals surface area (Å²) in [7, 11) is 0. The van der Waals surface area contributed by atoms with Gasteiger partial charge in [-0.1, -0.05) is 24.6 Å². The van der Waals surface area contributed by atoms with Gasteiger partial charge in [-0.25, -0.2) is 0 Å². The molecule has 3 saturated carbocycles. The molecule has 9 heteroatoms. The van der Waals surface area contributed by atoms with Gasteiger partial charge in [-0.15, -0.1) is 0 Å². The Hall–Kier alpha value is -2.62. The van der Waals surface area contributed by atoms with Gasteiger partial charge < -0.3 is 25.5 Å². The number of oxime groups is 1. The Labute approximate surface area is 223 Å². The van der Waals surface area contributed by atoms with E-state index in [9.17, 15) is 24.9 Å². The molecule has 0 unspecified atom stereocenters. The lowest BCUT2D eigenvalue weighted by molar-refractivity contribution is -0.181. The molecule has 1 aromatic rings. The summed E-state index contributed by atoms with van der Waals surface area (Å²) in [6, 6.07) is 3.68. The molecular weight excluding hydrogens is 486 g/mol. The maximum Gasteiger partial charge on any atom is 0.261 e. The second-order valence-electron chi connectivity index (χ2n) is 12.1. The molecule has 0 aromatic carbocycles. The monoisotopic (exact) mass is 525 g/mol. The van der Waals surface area contributed by atoms with Gasteiger partial charge in [-0.3, -0.25) is 14.6 Å². The number of aliphatic hydroxyl groups is 3. The van der Waals surface area contributed by atoms with Crippen LogP contribution in [0.25, 0.3) is 0 Å². The molecular formula is C29H39N3O6. The van der Waals surface area contributed by atoms with Crippen LogP contribution in [0.5, 0.6) is 0 Å². The number of fused-ring (bicyclic) bond motifs is 5. The molecule has 0 aliphatic heterocycles. The number of carbonyl (C=O) groups is 2. The molecule has 4 aliphatic carbocycles. The van der Waals surface area contributed by atoms with Crippen LogP contribution in [0.1, 0.15) is 64.4 Å². The highest BCUT2D eigenvalue weighted by Crippen LogP contribution is 2.67. The molecule has 38 heavy (non-hydrogen) atoms. The van der Waals surface area contributed by atoms with Crippen molar-refractivity contribution in [2.45, 2.75) is 77.0 Å². The van der Waals surface area contributed by atoms with Crippen LogP contribution >= 0.6 is 0 Å². The number of aromatic nitrogens is 1. The summed E-state index contributed by atoms with van der Waals surface area (Å²) in [6.45, 7) is 3.73. The second kappa shape index (κ2) is 10.2. The molecule has 4 aliphatic rings. The van der Waals surface area contributed by atoms with E-state index in [1.165, 1.54) is 5.57 Å². The van der Waals surface area contributed by atoms with Crippen molar-refractivity contribution in [2.24, 2.45) is 33.7 Å². The summed E-state index contributed by atoms with van der Waals surface area (Å²) in [5.74, 6) is -0.414. The fourth-order valence-corrected chi connectivity index (χ4v) is 8.29. The van der Waals surface area contributed by atoms with Gasteiger partial charge in [0.05, 0.1) is 11.8 Å². The minimum Gasteiger partial charge on any atom is -0.393 e. The van der Waals surface area contributed by atoms with Gasteiger partial charge in [0.2, 0.25) is 0 Å². The highest BCUT2D eigenvalue weighted by molar-refractivity contribution is 5.96. The van der Waals surface area contributed by atoms with Gasteiger partial charge in [0.15, 0.2) is 12.4 Å². The Morgan fingerprint density at radius 1 is 1.18 bits per heavy atom. The SMILES string of the molecule is C[C@]12CC/C(=N\OCC(=O)NCc3ccncc3)C=C1CC[C@@H]1[C@H]2[C@@H](O)C[C@@]2(C)[C@H]1CC[C@]2(O)C(=O)CO. The number of amides is 1. The van der Waals surface area contributed by atoms with E-state index in [1.807, 2.05) is 19.1 Å². The van der Waals surface area contributed by atoms with E-state index in [-0.39, 0.29) is 35.7 Å². The Balaban J connectivity index is 1.25. The first-order valence-corrected chi connectivity index (χ1v) is 13.7. The lowest BCUT2D eigenvalue weighted by atomic mass is 9.45. The largest absolute Gasteiger partial charge is 0.393 e. The van der Waals surface area contributed by atoms with Crippen molar-refractivity contribution in [3.63, 3.8) is 0 Å². The molecule has 9 nitrogen and oxygen atoms in total. The first-order chi connectivity index (χ1) is 18.1. The smallest absolute Gasteiger partial charge is 0.261 e. The highest BCUT2D eigenvalue weighted by Gasteiger charge is 2.68. The van der Waals surface area contributed by atoms with Crippen molar-refractivity contribution < 1.29 is 29.7 Å². The van der Waals surface area contributed by atoms with Crippen LogP contribution in [-0.4, -0.2) is 62.6 Å². The molecule has 1 amide bonds. The normalized spacial score (nSPS) is 39.0. The number of pyridine rings is 1. The number of hydrogen-bond acceptors (Lipinski definition) is 8. The Morgan fingerprint density at radius 2 is 1.95 bits per heavy atom. The predicted octanol–water partition coefficient (Wildman–Crippen LogP) is 2.30. The number of allylic oxidation sites excluding steroid dienone is 2. The summed E-state index contributed by atoms with van der Waals surface area (Å²) in [4.78, 5) is 34.1. The number of hydrogen-bond donors (Lipinski definition) is 4. The molecule has 5 rings (SSSR count). The molecule has 206 valence electrons. The molecule has 4 N–H and O–H groups in total. The zero-order valence-corrected chi connectivity index (χ0v) is 22.2. The number of ketones is 1. The highest BCUT2D eigenvalue weighted by atomic mass is 16.6. The van der Waals surface area contributed by atoms with Crippen molar-refractivity contribution in [2.75, 3.05) is 13.2 Å². The molecule has 7 atom stereocenters. The number of aliphatic hydroxyl groups excluding tert-OH is 2. The van der Waals surface area contributed by atoms with Crippen LogP contribution in [0.2, 0.25) is 0 Å². The number of nitrogens with zero attached hydrogens (tertiary/aromatic N) is 2. The van der Waals surface area contributed by atoms with Gasteiger partial charge in [-0.2, -0.15) is 0 Å². The average Bonchev–Trinajstić information content (AvgIpc) is 3.18. The maximum absolute atomic E-state index is 12.6. The third kappa shape index (κ3) is 4.38. The minimum atomic E-state index is -1.58. The Bertz CT molecular complexity index is 1140. The zero-order chi connectivity index (χ0) is 27.1. The quantitative estimate of drug-likeness (QED) is 0.400. The first kappa shape index (κ1) is 27.0. The fourth-order valence-electron chi connectivity index (χ4n) is 8.29. The summed E-state index contributed by atoms with van der Waals surface area (Å²) in [6.07, 6.45) is 9.44. The number of carbonyl (C=O) groups excluding carboxylic acids is 2. The van der Waals surface area contributed by atoms with Crippen molar-refractivity contribution >= 4 is 17.4 Å². The van der Waals surface area contributed by atoms with Crippen LogP contribution in [0.15, 0.2) is 41.3 Å². The standard InChI is InChI=1S/C29H39N3O6/c1-27-9-5-20(32-38-17-25(36)31-15-18-7-11-30-12-8-18)13-19(27)3-4-21-22-6-10-29(37,24(35)16-33)28(22,2)14-23(34)26(21)27/h7-8,11-13,21-23,26,33-34,37H,3-6,9-10,14-17H2,1-2H3,(H,31,36)/b32-20+/t21-,22-,23-,26-,27-,28-,29-/m0/s1. The van der Waals surface area contributed by atoms with Crippen molar-refractivity contribution in [3.8, 4) is 0 Å². The zero-order valence-electron chi connectivity index (χ0n) is 22.2.